The number of carbonyl (C=O) groups excluding carboxylic acids is 2. The maximum Gasteiger partial charge on any atom is 0.219 e. The highest BCUT2D eigenvalue weighted by atomic mass is 16.3. The number of amides is 1. The molecule has 4 atom stereocenters. The molecule has 1 aliphatic rings. The molecule has 168 valence electrons. The molecule has 0 aromatic heterocycles. The lowest BCUT2D eigenvalue weighted by atomic mass is 9.86. The van der Waals surface area contributed by atoms with Crippen molar-refractivity contribution in [1.82, 2.24) is 5.32 Å². The lowest BCUT2D eigenvalue weighted by molar-refractivity contribution is -0.121. The molecule has 0 unspecified atom stereocenters. The number of unbranched alkanes of at least 4 members (excludes halogenated alkanes) is 5. The highest BCUT2D eigenvalue weighted by Gasteiger charge is 2.40. The van der Waals surface area contributed by atoms with Gasteiger partial charge in [-0.05, 0) is 57.3 Å². The van der Waals surface area contributed by atoms with Gasteiger partial charge in [0, 0.05) is 25.8 Å². The molecule has 5 heteroatoms. The van der Waals surface area contributed by atoms with Crippen molar-refractivity contribution in [3.63, 3.8) is 0 Å². The summed E-state index contributed by atoms with van der Waals surface area (Å²) in [6.07, 6.45) is 14.0. The standard InChI is InChI=1S/C24H43NO4/c1-3-5-6-7-10-13-19(26)16-17-21-20(22(27)18-23(21)28)14-11-8-9-12-15-24(29)25-4-2/h8,11,20-23,27-28H,3-7,9-10,12-18H2,1-2H3,(H,25,29)/b11-8-/t20-,21-,22+,23-/m1/s1. The summed E-state index contributed by atoms with van der Waals surface area (Å²) in [7, 11) is 0. The summed E-state index contributed by atoms with van der Waals surface area (Å²) in [5.74, 6) is 0.385. The second kappa shape index (κ2) is 15.6. The first-order valence-corrected chi connectivity index (χ1v) is 11.8. The van der Waals surface area contributed by atoms with Crippen LogP contribution >= 0.6 is 0 Å². The summed E-state index contributed by atoms with van der Waals surface area (Å²) in [5.41, 5.74) is 0. The SMILES string of the molecule is CCCCCCCC(=O)CC[C@@H]1[C@@H](C/C=C\CCCC(=O)NCC)[C@@H](O)C[C@H]1O. The van der Waals surface area contributed by atoms with E-state index in [1.165, 1.54) is 19.3 Å². The highest BCUT2D eigenvalue weighted by molar-refractivity contribution is 5.78. The number of ketones is 1. The molecule has 1 aliphatic carbocycles. The van der Waals surface area contributed by atoms with Crippen molar-refractivity contribution in [3.8, 4) is 0 Å². The third kappa shape index (κ3) is 10.9. The lowest BCUT2D eigenvalue weighted by Gasteiger charge is -2.22. The minimum absolute atomic E-state index is 0.00553. The van der Waals surface area contributed by atoms with Gasteiger partial charge in [-0.3, -0.25) is 9.59 Å². The van der Waals surface area contributed by atoms with Gasteiger partial charge >= 0.3 is 0 Å². The Labute approximate surface area is 177 Å². The molecule has 3 N–H and O–H groups in total. The summed E-state index contributed by atoms with van der Waals surface area (Å²) >= 11 is 0. The van der Waals surface area contributed by atoms with Crippen molar-refractivity contribution >= 4 is 11.7 Å². The van der Waals surface area contributed by atoms with E-state index >= 15 is 0 Å². The average molecular weight is 410 g/mol. The predicted molar refractivity (Wildman–Crippen MR) is 118 cm³/mol. The first-order chi connectivity index (χ1) is 14.0. The van der Waals surface area contributed by atoms with Crippen LogP contribution in [0.5, 0.6) is 0 Å². The van der Waals surface area contributed by atoms with Crippen molar-refractivity contribution in [2.45, 2.75) is 110 Å². The molecule has 5 nitrogen and oxygen atoms in total. The summed E-state index contributed by atoms with van der Waals surface area (Å²) in [6, 6.07) is 0. The molecule has 29 heavy (non-hydrogen) atoms. The molecule has 1 rings (SSSR count). The van der Waals surface area contributed by atoms with Crippen molar-refractivity contribution in [3.05, 3.63) is 12.2 Å². The summed E-state index contributed by atoms with van der Waals surface area (Å²) in [4.78, 5) is 23.6. The van der Waals surface area contributed by atoms with Crippen LogP contribution in [0.4, 0.5) is 0 Å². The number of nitrogens with one attached hydrogen (secondary N) is 1. The van der Waals surface area contributed by atoms with Crippen LogP contribution in [-0.2, 0) is 9.59 Å². The smallest absolute Gasteiger partial charge is 0.219 e. The number of aliphatic hydroxyl groups excluding tert-OH is 2. The van der Waals surface area contributed by atoms with E-state index in [2.05, 4.69) is 24.4 Å². The Hall–Kier alpha value is -1.20. The Morgan fingerprint density at radius 2 is 1.62 bits per heavy atom. The van der Waals surface area contributed by atoms with E-state index in [9.17, 15) is 19.8 Å². The van der Waals surface area contributed by atoms with Crippen molar-refractivity contribution in [2.24, 2.45) is 11.8 Å². The lowest BCUT2D eigenvalue weighted by Crippen LogP contribution is -2.22. The molecule has 0 aliphatic heterocycles. The van der Waals surface area contributed by atoms with Gasteiger partial charge in [0.2, 0.25) is 5.91 Å². The van der Waals surface area contributed by atoms with Gasteiger partial charge in [0.05, 0.1) is 12.2 Å². The third-order valence-electron chi connectivity index (χ3n) is 6.06. The second-order valence-electron chi connectivity index (χ2n) is 8.49. The van der Waals surface area contributed by atoms with Crippen LogP contribution in [0.25, 0.3) is 0 Å². The molecule has 0 aromatic rings. The minimum atomic E-state index is -0.515. The van der Waals surface area contributed by atoms with Crippen LogP contribution in [0.2, 0.25) is 0 Å². The van der Waals surface area contributed by atoms with Crippen LogP contribution in [-0.4, -0.2) is 40.7 Å². The molecular weight excluding hydrogens is 366 g/mol. The average Bonchev–Trinajstić information content (AvgIpc) is 2.95. The molecule has 0 heterocycles. The first-order valence-electron chi connectivity index (χ1n) is 11.8. The quantitative estimate of drug-likeness (QED) is 0.262. The Bertz CT molecular complexity index is 491. The Morgan fingerprint density at radius 3 is 2.34 bits per heavy atom. The van der Waals surface area contributed by atoms with E-state index in [0.29, 0.717) is 38.6 Å². The predicted octanol–water partition coefficient (Wildman–Crippen LogP) is 4.31. The van der Waals surface area contributed by atoms with Crippen molar-refractivity contribution < 1.29 is 19.8 Å². The van der Waals surface area contributed by atoms with Crippen LogP contribution in [0.1, 0.15) is 97.3 Å². The molecule has 0 aromatic carbocycles. The van der Waals surface area contributed by atoms with E-state index in [1.807, 2.05) is 6.92 Å². The number of rotatable bonds is 16. The number of hydrogen-bond acceptors (Lipinski definition) is 4. The fraction of sp³-hybridized carbons (Fsp3) is 0.833. The van der Waals surface area contributed by atoms with E-state index in [4.69, 9.17) is 0 Å². The fourth-order valence-corrected chi connectivity index (χ4v) is 4.32. The maximum absolute atomic E-state index is 12.2. The number of aliphatic hydroxyl groups is 2. The van der Waals surface area contributed by atoms with Gasteiger partial charge in [0.25, 0.3) is 0 Å². The molecule has 1 saturated carbocycles. The maximum atomic E-state index is 12.2. The topological polar surface area (TPSA) is 86.6 Å². The van der Waals surface area contributed by atoms with E-state index in [0.717, 1.165) is 32.1 Å². The van der Waals surface area contributed by atoms with Crippen molar-refractivity contribution in [1.29, 1.82) is 0 Å². The van der Waals surface area contributed by atoms with Crippen LogP contribution in [0.3, 0.4) is 0 Å². The zero-order valence-corrected chi connectivity index (χ0v) is 18.6. The fourth-order valence-electron chi connectivity index (χ4n) is 4.32. The molecule has 1 amide bonds. The van der Waals surface area contributed by atoms with E-state index in [1.54, 1.807) is 0 Å². The zero-order chi connectivity index (χ0) is 21.5. The summed E-state index contributed by atoms with van der Waals surface area (Å²) in [5, 5.41) is 23.4. The number of allylic oxidation sites excluding steroid dienone is 2. The number of carbonyl (C=O) groups is 2. The van der Waals surface area contributed by atoms with Crippen LogP contribution in [0.15, 0.2) is 12.2 Å². The summed E-state index contributed by atoms with van der Waals surface area (Å²) < 4.78 is 0. The molecule has 0 saturated heterocycles. The second-order valence-corrected chi connectivity index (χ2v) is 8.49. The molecular formula is C24H43NO4. The van der Waals surface area contributed by atoms with Gasteiger partial charge in [-0.1, -0.05) is 44.8 Å². The normalized spacial score (nSPS) is 24.3. The van der Waals surface area contributed by atoms with E-state index in [-0.39, 0.29) is 23.5 Å². The largest absolute Gasteiger partial charge is 0.393 e. The van der Waals surface area contributed by atoms with Gasteiger partial charge in [0.1, 0.15) is 5.78 Å². The van der Waals surface area contributed by atoms with Crippen LogP contribution in [0, 0.1) is 11.8 Å². The molecule has 1 fully saturated rings. The van der Waals surface area contributed by atoms with Gasteiger partial charge in [-0.25, -0.2) is 0 Å². The zero-order valence-electron chi connectivity index (χ0n) is 18.6. The van der Waals surface area contributed by atoms with Gasteiger partial charge in [-0.2, -0.15) is 0 Å². The number of hydrogen-bond donors (Lipinski definition) is 3. The summed E-state index contributed by atoms with van der Waals surface area (Å²) in [6.45, 7) is 4.76. The Morgan fingerprint density at radius 1 is 0.897 bits per heavy atom. The van der Waals surface area contributed by atoms with Crippen molar-refractivity contribution in [2.75, 3.05) is 6.54 Å². The third-order valence-corrected chi connectivity index (χ3v) is 6.06. The van der Waals surface area contributed by atoms with Gasteiger partial charge in [-0.15, -0.1) is 0 Å². The monoisotopic (exact) mass is 409 g/mol. The van der Waals surface area contributed by atoms with E-state index < -0.39 is 12.2 Å². The van der Waals surface area contributed by atoms with Gasteiger partial charge < -0.3 is 15.5 Å². The molecule has 0 spiro atoms. The van der Waals surface area contributed by atoms with Gasteiger partial charge in [0.15, 0.2) is 0 Å². The van der Waals surface area contributed by atoms with Crippen LogP contribution < -0.4 is 5.32 Å². The number of Topliss-reactive ketones (excluding diaryl/α,β-unsaturated/α-hetero) is 1. The Kier molecular flexibility index (Phi) is 13.9. The molecule has 0 bridgehead atoms. The minimum Gasteiger partial charge on any atom is -0.393 e. The first kappa shape index (κ1) is 25.8. The molecule has 0 radical (unpaired) electrons. The Balaban J connectivity index is 2.30. The highest BCUT2D eigenvalue weighted by Crippen LogP contribution is 2.38.